The van der Waals surface area contributed by atoms with Crippen molar-refractivity contribution >= 4 is 10.9 Å². The molecule has 0 aliphatic rings. The Labute approximate surface area is 140 Å². The molecule has 0 atom stereocenters. The van der Waals surface area contributed by atoms with Crippen molar-refractivity contribution in [1.82, 2.24) is 25.2 Å². The SMILES string of the molecule is FC(F)(F)c1ccc(Cn2cc(-c3ccc4[nH]ncc4c3)nn2)cc1. The molecule has 0 bridgehead atoms. The van der Waals surface area contributed by atoms with Crippen molar-refractivity contribution in [2.75, 3.05) is 0 Å². The molecule has 0 aliphatic carbocycles. The minimum absolute atomic E-state index is 0.346. The van der Waals surface area contributed by atoms with Crippen molar-refractivity contribution in [3.05, 3.63) is 66.0 Å². The summed E-state index contributed by atoms with van der Waals surface area (Å²) in [5.41, 5.74) is 2.57. The van der Waals surface area contributed by atoms with E-state index in [1.165, 1.54) is 12.1 Å². The summed E-state index contributed by atoms with van der Waals surface area (Å²) in [5, 5.41) is 16.0. The summed E-state index contributed by atoms with van der Waals surface area (Å²) < 4.78 is 39.4. The Hall–Kier alpha value is -3.16. The molecular formula is C17H12F3N5. The number of nitrogens with one attached hydrogen (secondary N) is 1. The molecule has 0 fully saturated rings. The zero-order valence-electron chi connectivity index (χ0n) is 12.8. The van der Waals surface area contributed by atoms with E-state index in [4.69, 9.17) is 0 Å². The Balaban J connectivity index is 1.55. The van der Waals surface area contributed by atoms with Crippen molar-refractivity contribution in [2.24, 2.45) is 0 Å². The fourth-order valence-electron chi connectivity index (χ4n) is 2.60. The number of rotatable bonds is 3. The van der Waals surface area contributed by atoms with Gasteiger partial charge in [-0.2, -0.15) is 18.3 Å². The van der Waals surface area contributed by atoms with Crippen molar-refractivity contribution in [1.29, 1.82) is 0 Å². The molecule has 2 aromatic heterocycles. The van der Waals surface area contributed by atoms with E-state index in [0.717, 1.165) is 34.2 Å². The van der Waals surface area contributed by atoms with Gasteiger partial charge in [-0.05, 0) is 29.8 Å². The summed E-state index contributed by atoms with van der Waals surface area (Å²) in [7, 11) is 0. The Morgan fingerprint density at radius 1 is 1.04 bits per heavy atom. The monoisotopic (exact) mass is 343 g/mol. The topological polar surface area (TPSA) is 59.4 Å². The van der Waals surface area contributed by atoms with Crippen LogP contribution < -0.4 is 0 Å². The maximum Gasteiger partial charge on any atom is 0.416 e. The molecule has 4 aromatic rings. The number of nitrogens with zero attached hydrogens (tertiary/aromatic N) is 4. The number of aromatic nitrogens is 5. The Kier molecular flexibility index (Phi) is 3.52. The van der Waals surface area contributed by atoms with Crippen LogP contribution in [-0.2, 0) is 12.7 Å². The highest BCUT2D eigenvalue weighted by atomic mass is 19.4. The number of H-pyrrole nitrogens is 1. The van der Waals surface area contributed by atoms with Gasteiger partial charge in [0.05, 0.1) is 30.0 Å². The lowest BCUT2D eigenvalue weighted by molar-refractivity contribution is -0.137. The predicted molar refractivity (Wildman–Crippen MR) is 85.7 cm³/mol. The fourth-order valence-corrected chi connectivity index (χ4v) is 2.60. The highest BCUT2D eigenvalue weighted by Gasteiger charge is 2.29. The van der Waals surface area contributed by atoms with E-state index >= 15 is 0 Å². The molecule has 25 heavy (non-hydrogen) atoms. The minimum atomic E-state index is -4.33. The number of hydrogen-bond donors (Lipinski definition) is 1. The second-order valence-corrected chi connectivity index (χ2v) is 5.67. The van der Waals surface area contributed by atoms with Gasteiger partial charge in [-0.1, -0.05) is 23.4 Å². The standard InChI is InChI=1S/C17H12F3N5/c18-17(19,20)14-4-1-11(2-5-14)9-25-10-16(23-24-25)12-3-6-15-13(7-12)8-21-22-15/h1-8,10H,9H2,(H,21,22). The molecule has 0 saturated heterocycles. The van der Waals surface area contributed by atoms with Gasteiger partial charge >= 0.3 is 6.18 Å². The maximum atomic E-state index is 12.6. The number of hydrogen-bond acceptors (Lipinski definition) is 3. The number of fused-ring (bicyclic) bond motifs is 1. The third kappa shape index (κ3) is 3.10. The molecule has 2 heterocycles. The second kappa shape index (κ2) is 5.73. The lowest BCUT2D eigenvalue weighted by atomic mass is 10.1. The van der Waals surface area contributed by atoms with Crippen LogP contribution in [0.15, 0.2) is 54.9 Å². The Bertz CT molecular complexity index is 1010. The molecule has 5 nitrogen and oxygen atoms in total. The number of benzene rings is 2. The molecule has 0 spiro atoms. The molecule has 0 radical (unpaired) electrons. The van der Waals surface area contributed by atoms with Gasteiger partial charge in [-0.3, -0.25) is 5.10 Å². The average Bonchev–Trinajstić information content (AvgIpc) is 3.22. The second-order valence-electron chi connectivity index (χ2n) is 5.67. The predicted octanol–water partition coefficient (Wildman–Crippen LogP) is 3.89. The lowest BCUT2D eigenvalue weighted by Gasteiger charge is -2.07. The zero-order chi connectivity index (χ0) is 17.4. The highest BCUT2D eigenvalue weighted by molar-refractivity contribution is 5.83. The minimum Gasteiger partial charge on any atom is -0.278 e. The average molecular weight is 343 g/mol. The van der Waals surface area contributed by atoms with Gasteiger partial charge in [-0.15, -0.1) is 5.10 Å². The lowest BCUT2D eigenvalue weighted by Crippen LogP contribution is -2.05. The molecule has 0 aliphatic heterocycles. The van der Waals surface area contributed by atoms with Crippen LogP contribution >= 0.6 is 0 Å². The van der Waals surface area contributed by atoms with Crippen LogP contribution in [0, 0.1) is 0 Å². The van der Waals surface area contributed by atoms with E-state index in [-0.39, 0.29) is 0 Å². The van der Waals surface area contributed by atoms with Crippen LogP contribution in [0.5, 0.6) is 0 Å². The summed E-state index contributed by atoms with van der Waals surface area (Å²) in [4.78, 5) is 0. The number of alkyl halides is 3. The molecule has 0 unspecified atom stereocenters. The van der Waals surface area contributed by atoms with E-state index in [2.05, 4.69) is 20.5 Å². The molecule has 1 N–H and O–H groups in total. The van der Waals surface area contributed by atoms with Crippen molar-refractivity contribution in [2.45, 2.75) is 12.7 Å². The zero-order valence-corrected chi connectivity index (χ0v) is 12.8. The van der Waals surface area contributed by atoms with Gasteiger partial charge < -0.3 is 0 Å². The molecule has 4 rings (SSSR count). The summed E-state index contributed by atoms with van der Waals surface area (Å²) >= 11 is 0. The van der Waals surface area contributed by atoms with Gasteiger partial charge in [0.15, 0.2) is 0 Å². The maximum absolute atomic E-state index is 12.6. The summed E-state index contributed by atoms with van der Waals surface area (Å²) in [5.74, 6) is 0. The largest absolute Gasteiger partial charge is 0.416 e. The molecule has 2 aromatic carbocycles. The van der Waals surface area contributed by atoms with E-state index in [1.54, 1.807) is 17.1 Å². The van der Waals surface area contributed by atoms with E-state index in [1.807, 2.05) is 18.2 Å². The summed E-state index contributed by atoms with van der Waals surface area (Å²) in [6.07, 6.45) is -0.838. The molecule has 0 saturated carbocycles. The van der Waals surface area contributed by atoms with Crippen LogP contribution in [0.2, 0.25) is 0 Å². The first-order valence-electron chi connectivity index (χ1n) is 7.49. The van der Waals surface area contributed by atoms with Crippen molar-refractivity contribution < 1.29 is 13.2 Å². The van der Waals surface area contributed by atoms with Gasteiger partial charge in [0.2, 0.25) is 0 Å². The van der Waals surface area contributed by atoms with Crippen molar-refractivity contribution in [3.8, 4) is 11.3 Å². The van der Waals surface area contributed by atoms with Gasteiger partial charge in [0.25, 0.3) is 0 Å². The number of aromatic amines is 1. The Morgan fingerprint density at radius 3 is 2.60 bits per heavy atom. The van der Waals surface area contributed by atoms with Gasteiger partial charge in [-0.25, -0.2) is 4.68 Å². The van der Waals surface area contributed by atoms with E-state index < -0.39 is 11.7 Å². The highest BCUT2D eigenvalue weighted by Crippen LogP contribution is 2.29. The Morgan fingerprint density at radius 2 is 1.84 bits per heavy atom. The molecule has 126 valence electrons. The molecule has 8 heteroatoms. The quantitative estimate of drug-likeness (QED) is 0.614. The van der Waals surface area contributed by atoms with E-state index in [0.29, 0.717) is 12.2 Å². The number of halogens is 3. The van der Waals surface area contributed by atoms with Crippen LogP contribution in [0.4, 0.5) is 13.2 Å². The van der Waals surface area contributed by atoms with Crippen LogP contribution in [0.1, 0.15) is 11.1 Å². The first-order chi connectivity index (χ1) is 12.0. The van der Waals surface area contributed by atoms with Gasteiger partial charge in [0.1, 0.15) is 5.69 Å². The van der Waals surface area contributed by atoms with Gasteiger partial charge in [0, 0.05) is 10.9 Å². The first-order valence-corrected chi connectivity index (χ1v) is 7.49. The first kappa shape index (κ1) is 15.4. The fraction of sp³-hybridized carbons (Fsp3) is 0.118. The smallest absolute Gasteiger partial charge is 0.278 e. The van der Waals surface area contributed by atoms with E-state index in [9.17, 15) is 13.2 Å². The van der Waals surface area contributed by atoms with Crippen LogP contribution in [0.25, 0.3) is 22.2 Å². The van der Waals surface area contributed by atoms with Crippen LogP contribution in [0.3, 0.4) is 0 Å². The third-order valence-corrected chi connectivity index (χ3v) is 3.90. The van der Waals surface area contributed by atoms with Crippen molar-refractivity contribution in [3.63, 3.8) is 0 Å². The molecule has 0 amide bonds. The normalized spacial score (nSPS) is 12.0. The summed E-state index contributed by atoms with van der Waals surface area (Å²) in [6.45, 7) is 0.346. The van der Waals surface area contributed by atoms with Crippen LogP contribution in [-0.4, -0.2) is 25.2 Å². The summed E-state index contributed by atoms with van der Waals surface area (Å²) in [6, 6.07) is 10.8. The molecular weight excluding hydrogens is 331 g/mol. The third-order valence-electron chi connectivity index (χ3n) is 3.90.